The minimum Gasteiger partial charge on any atom is -0.507 e. The van der Waals surface area contributed by atoms with E-state index in [-0.39, 0.29) is 41.3 Å². The summed E-state index contributed by atoms with van der Waals surface area (Å²) in [5.41, 5.74) is 3.70. The number of nitrogens with zero attached hydrogens (tertiary/aromatic N) is 3. The fourth-order valence-electron chi connectivity index (χ4n) is 4.28. The summed E-state index contributed by atoms with van der Waals surface area (Å²) < 4.78 is 55.5. The van der Waals surface area contributed by atoms with Gasteiger partial charge in [-0.3, -0.25) is 9.78 Å². The summed E-state index contributed by atoms with van der Waals surface area (Å²) in [5.74, 6) is -1.63. The Morgan fingerprint density at radius 1 is 0.949 bits per heavy atom. The highest BCUT2D eigenvalue weighted by Gasteiger charge is 2.37. The van der Waals surface area contributed by atoms with E-state index >= 15 is 0 Å². The zero-order chi connectivity index (χ0) is 28.2. The highest BCUT2D eigenvalue weighted by Crippen LogP contribution is 2.36. The highest BCUT2D eigenvalue weighted by molar-refractivity contribution is 7.94. The molecule has 0 bridgehead atoms. The molecule has 0 radical (unpaired) electrons. The van der Waals surface area contributed by atoms with Gasteiger partial charge >= 0.3 is 0 Å². The second-order valence-electron chi connectivity index (χ2n) is 8.81. The van der Waals surface area contributed by atoms with E-state index < -0.39 is 35.4 Å². The number of para-hydroxylation sites is 1. The first-order valence-corrected chi connectivity index (χ1v) is 15.6. The van der Waals surface area contributed by atoms with Crippen LogP contribution < -0.4 is 5.43 Å². The molecule has 0 saturated carbocycles. The third kappa shape index (κ3) is 5.71. The van der Waals surface area contributed by atoms with Gasteiger partial charge in [-0.2, -0.15) is 5.10 Å². The van der Waals surface area contributed by atoms with Gasteiger partial charge in [-0.1, -0.05) is 26.0 Å². The first-order valence-electron chi connectivity index (χ1n) is 12.3. The number of rotatable bonds is 10. The molecule has 0 saturated heterocycles. The number of hydrogen-bond acceptors (Lipinski definition) is 8. The van der Waals surface area contributed by atoms with E-state index in [1.165, 1.54) is 22.9 Å². The number of amides is 1. The molecule has 12 heteroatoms. The van der Waals surface area contributed by atoms with Crippen LogP contribution in [0.25, 0.3) is 16.6 Å². The number of carbonyl (C=O) groups excluding carboxylic acids is 1. The normalized spacial score (nSPS) is 12.3. The van der Waals surface area contributed by atoms with Gasteiger partial charge in [0.15, 0.2) is 19.7 Å². The number of hydrogen-bond donors (Lipinski definition) is 2. The SMILES string of the molecule is CCCS(=O)(=O)c1c(S(=O)(=O)CCC)c2cc(-c3ccncc3)ccn2c1C(=O)N/N=C/c1ccccc1O. The summed E-state index contributed by atoms with van der Waals surface area (Å²) >= 11 is 0. The first kappa shape index (κ1) is 28.0. The van der Waals surface area contributed by atoms with E-state index in [0.717, 1.165) is 5.56 Å². The van der Waals surface area contributed by atoms with Crippen molar-refractivity contribution < 1.29 is 26.7 Å². The molecule has 39 heavy (non-hydrogen) atoms. The van der Waals surface area contributed by atoms with E-state index in [9.17, 15) is 26.7 Å². The van der Waals surface area contributed by atoms with Gasteiger partial charge in [0.1, 0.15) is 21.2 Å². The molecule has 0 spiro atoms. The number of nitrogens with one attached hydrogen (secondary N) is 1. The van der Waals surface area contributed by atoms with Crippen LogP contribution in [-0.2, 0) is 19.7 Å². The van der Waals surface area contributed by atoms with E-state index in [0.29, 0.717) is 11.1 Å². The fraction of sp³-hybridized carbons (Fsp3) is 0.222. The average Bonchev–Trinajstić information content (AvgIpc) is 3.27. The maximum atomic E-state index is 13.6. The average molecular weight is 569 g/mol. The van der Waals surface area contributed by atoms with Crippen molar-refractivity contribution in [3.05, 3.63) is 78.4 Å². The van der Waals surface area contributed by atoms with Crippen molar-refractivity contribution in [3.8, 4) is 16.9 Å². The molecule has 0 fully saturated rings. The number of hydrazone groups is 1. The lowest BCUT2D eigenvalue weighted by Gasteiger charge is -2.08. The standard InChI is InChI=1S/C27H28N4O6S2/c1-3-15-38(34,35)25-22-17-20(19-9-12-28-13-10-19)11-14-31(22)24(26(25)39(36,37)16-4-2)27(33)30-29-18-21-7-5-6-8-23(21)32/h5-14,17-18,32H,3-4,15-16H2,1-2H3,(H,30,33)/b29-18+. The molecule has 0 aliphatic carbocycles. The maximum absolute atomic E-state index is 13.6. The first-order chi connectivity index (χ1) is 18.6. The van der Waals surface area contributed by atoms with Crippen molar-refractivity contribution in [2.24, 2.45) is 5.10 Å². The number of phenols is 1. The molecule has 10 nitrogen and oxygen atoms in total. The predicted molar refractivity (Wildman–Crippen MR) is 148 cm³/mol. The molecule has 0 atom stereocenters. The van der Waals surface area contributed by atoms with Crippen molar-refractivity contribution in [1.82, 2.24) is 14.8 Å². The topological polar surface area (TPSA) is 147 Å². The van der Waals surface area contributed by atoms with Crippen LogP contribution in [0, 0.1) is 0 Å². The Hall–Kier alpha value is -4.03. The summed E-state index contributed by atoms with van der Waals surface area (Å²) in [6.45, 7) is 3.34. The number of sulfone groups is 2. The number of aromatic hydroxyl groups is 1. The predicted octanol–water partition coefficient (Wildman–Crippen LogP) is 3.84. The summed E-state index contributed by atoms with van der Waals surface area (Å²) in [7, 11) is -8.32. The van der Waals surface area contributed by atoms with E-state index in [4.69, 9.17) is 0 Å². The second-order valence-corrected chi connectivity index (χ2v) is 12.9. The molecule has 204 valence electrons. The smallest absolute Gasteiger partial charge is 0.289 e. The maximum Gasteiger partial charge on any atom is 0.289 e. The second kappa shape index (κ2) is 11.4. The Morgan fingerprint density at radius 2 is 1.59 bits per heavy atom. The Morgan fingerprint density at radius 3 is 2.23 bits per heavy atom. The quantitative estimate of drug-likeness (QED) is 0.218. The molecule has 3 heterocycles. The Kier molecular flexibility index (Phi) is 8.17. The summed E-state index contributed by atoms with van der Waals surface area (Å²) in [6.07, 6.45) is 6.33. The van der Waals surface area contributed by atoms with Crippen molar-refractivity contribution in [2.75, 3.05) is 11.5 Å². The van der Waals surface area contributed by atoms with Gasteiger partial charge in [0, 0.05) is 24.2 Å². The van der Waals surface area contributed by atoms with Crippen LogP contribution in [0.1, 0.15) is 42.7 Å². The van der Waals surface area contributed by atoms with Crippen LogP contribution in [-0.4, -0.2) is 55.0 Å². The van der Waals surface area contributed by atoms with Crippen LogP contribution in [0.3, 0.4) is 0 Å². The van der Waals surface area contributed by atoms with Gasteiger partial charge in [0.2, 0.25) is 0 Å². The molecule has 4 rings (SSSR count). The zero-order valence-electron chi connectivity index (χ0n) is 21.4. The van der Waals surface area contributed by atoms with E-state index in [1.807, 2.05) is 0 Å². The Labute approximate surface area is 226 Å². The molecule has 0 aliphatic rings. The lowest BCUT2D eigenvalue weighted by Crippen LogP contribution is -2.23. The van der Waals surface area contributed by atoms with Crippen molar-refractivity contribution in [2.45, 2.75) is 36.5 Å². The van der Waals surface area contributed by atoms with E-state index in [2.05, 4.69) is 15.5 Å². The highest BCUT2D eigenvalue weighted by atomic mass is 32.2. The van der Waals surface area contributed by atoms with Crippen LogP contribution in [0.5, 0.6) is 5.75 Å². The molecule has 2 N–H and O–H groups in total. The van der Waals surface area contributed by atoms with Gasteiger partial charge in [-0.15, -0.1) is 0 Å². The molecule has 0 unspecified atom stereocenters. The minimum absolute atomic E-state index is 0.0635. The lowest BCUT2D eigenvalue weighted by atomic mass is 10.1. The van der Waals surface area contributed by atoms with Crippen LogP contribution in [0.2, 0.25) is 0 Å². The zero-order valence-corrected chi connectivity index (χ0v) is 23.0. The lowest BCUT2D eigenvalue weighted by molar-refractivity contribution is 0.0945. The number of benzene rings is 1. The number of fused-ring (bicyclic) bond motifs is 1. The fourth-order valence-corrected chi connectivity index (χ4v) is 8.25. The third-order valence-electron chi connectivity index (χ3n) is 5.95. The molecule has 1 aromatic carbocycles. The molecular weight excluding hydrogens is 540 g/mol. The number of carbonyl (C=O) groups is 1. The number of phenolic OH excluding ortho intramolecular Hbond substituents is 1. The summed E-state index contributed by atoms with van der Waals surface area (Å²) in [4.78, 5) is 16.5. The number of pyridine rings is 2. The molecule has 3 aromatic heterocycles. The van der Waals surface area contributed by atoms with Crippen LogP contribution >= 0.6 is 0 Å². The molecular formula is C27H28N4O6S2. The minimum atomic E-state index is -4.20. The van der Waals surface area contributed by atoms with Crippen molar-refractivity contribution in [1.29, 1.82) is 0 Å². The van der Waals surface area contributed by atoms with Crippen LogP contribution in [0.4, 0.5) is 0 Å². The molecule has 1 amide bonds. The van der Waals surface area contributed by atoms with Crippen molar-refractivity contribution >= 4 is 37.3 Å². The van der Waals surface area contributed by atoms with E-state index in [1.54, 1.807) is 68.7 Å². The monoisotopic (exact) mass is 568 g/mol. The van der Waals surface area contributed by atoms with Crippen LogP contribution in [0.15, 0.2) is 82.0 Å². The van der Waals surface area contributed by atoms with Gasteiger partial charge < -0.3 is 9.51 Å². The largest absolute Gasteiger partial charge is 0.507 e. The molecule has 0 aliphatic heterocycles. The van der Waals surface area contributed by atoms with Gasteiger partial charge in [0.05, 0.1) is 23.2 Å². The van der Waals surface area contributed by atoms with Crippen molar-refractivity contribution in [3.63, 3.8) is 0 Å². The molecule has 4 aromatic rings. The summed E-state index contributed by atoms with van der Waals surface area (Å²) in [5, 5.41) is 13.8. The van der Waals surface area contributed by atoms with Gasteiger partial charge in [-0.25, -0.2) is 22.3 Å². The van der Waals surface area contributed by atoms with Gasteiger partial charge in [-0.05, 0) is 60.4 Å². The Bertz CT molecular complexity index is 1760. The third-order valence-corrected chi connectivity index (χ3v) is 10.0. The number of aromatic nitrogens is 2. The summed E-state index contributed by atoms with van der Waals surface area (Å²) in [6, 6.07) is 13.0. The Balaban J connectivity index is 1.98. The van der Waals surface area contributed by atoms with Gasteiger partial charge in [0.25, 0.3) is 5.91 Å².